The first-order valence-electron chi connectivity index (χ1n) is 24.6. The second-order valence-electron chi connectivity index (χ2n) is 19.8. The average Bonchev–Trinajstić information content (AvgIpc) is 3.66. The zero-order valence-electron chi connectivity index (χ0n) is 41.2. The largest absolute Gasteiger partial charge is 0.508 e. The molecule has 1 aromatic carbocycles. The van der Waals surface area contributed by atoms with E-state index in [0.717, 1.165) is 57.8 Å². The highest BCUT2D eigenvalue weighted by molar-refractivity contribution is 5.79. The number of carbonyl (C=O) groups is 6. The number of ether oxygens (including phenoxy) is 8. The molecule has 0 radical (unpaired) electrons. The normalized spacial score (nSPS) is 27.0. The molecular formula is C53H76O14. The Morgan fingerprint density at radius 1 is 0.731 bits per heavy atom. The predicted octanol–water partition coefficient (Wildman–Crippen LogP) is 10.4. The zero-order chi connectivity index (χ0) is 48.7. The standard InChI is InChI=1S/C53H76O14/c1-9-11-13-15-46(55)62-32-39(33-63-47(56)16-14-12-10-2)65-49(58)27-34(3)17-22-48(57)67-50-44(60-7)28-36(29-45(50)61-8)31-64-51(59)66-38-23-25-52(5)37(30-38)18-19-40-42-21-20-41(35(4)54)53(42,6)26-24-43(40)52/h11-14,28-29,34,37-43H,9-10,15-27,30-33H2,1-8H3/b13-11-,14-12-/t34?,37-,38+,40-,41+,42-,43-,52-,53+/m0/s1. The monoisotopic (exact) mass is 937 g/mol. The molecule has 67 heavy (non-hydrogen) atoms. The van der Waals surface area contributed by atoms with Crippen LogP contribution in [0.5, 0.6) is 17.2 Å². The second kappa shape index (κ2) is 24.9. The van der Waals surface area contributed by atoms with Crippen molar-refractivity contribution >= 4 is 35.8 Å². The molecule has 0 amide bonds. The molecule has 4 saturated carbocycles. The van der Waals surface area contributed by atoms with Crippen molar-refractivity contribution in [3.8, 4) is 17.2 Å². The van der Waals surface area contributed by atoms with E-state index in [2.05, 4.69) is 13.8 Å². The summed E-state index contributed by atoms with van der Waals surface area (Å²) in [5.74, 6) is 0.910. The summed E-state index contributed by atoms with van der Waals surface area (Å²) in [4.78, 5) is 76.1. The third-order valence-electron chi connectivity index (χ3n) is 15.4. The third-order valence-corrected chi connectivity index (χ3v) is 15.4. The summed E-state index contributed by atoms with van der Waals surface area (Å²) < 4.78 is 44.4. The molecule has 1 unspecified atom stereocenters. The fourth-order valence-corrected chi connectivity index (χ4v) is 11.9. The fourth-order valence-electron chi connectivity index (χ4n) is 11.9. The maximum Gasteiger partial charge on any atom is 0.508 e. The number of carbonyl (C=O) groups excluding carboxylic acids is 6. The van der Waals surface area contributed by atoms with Crippen LogP contribution in [0.3, 0.4) is 0 Å². The van der Waals surface area contributed by atoms with Gasteiger partial charge in [0.1, 0.15) is 31.7 Å². The number of hydrogen-bond donors (Lipinski definition) is 0. The van der Waals surface area contributed by atoms with Gasteiger partial charge in [-0.25, -0.2) is 4.79 Å². The van der Waals surface area contributed by atoms with Crippen molar-refractivity contribution in [1.29, 1.82) is 0 Å². The summed E-state index contributed by atoms with van der Waals surface area (Å²) in [5, 5.41) is 0. The van der Waals surface area contributed by atoms with Crippen LogP contribution in [-0.4, -0.2) is 75.5 Å². The van der Waals surface area contributed by atoms with E-state index in [4.69, 9.17) is 37.9 Å². The third kappa shape index (κ3) is 14.1. The number of fused-ring (bicyclic) bond motifs is 5. The van der Waals surface area contributed by atoms with Gasteiger partial charge in [-0.3, -0.25) is 24.0 Å². The first-order valence-corrected chi connectivity index (χ1v) is 24.6. The number of esters is 4. The van der Waals surface area contributed by atoms with Gasteiger partial charge in [-0.1, -0.05) is 58.9 Å². The predicted molar refractivity (Wildman–Crippen MR) is 249 cm³/mol. The van der Waals surface area contributed by atoms with E-state index in [1.165, 1.54) is 27.1 Å². The van der Waals surface area contributed by atoms with Gasteiger partial charge < -0.3 is 37.9 Å². The molecule has 4 aliphatic carbocycles. The van der Waals surface area contributed by atoms with Crippen LogP contribution in [-0.2, 0) is 54.3 Å². The lowest BCUT2D eigenvalue weighted by molar-refractivity contribution is -0.166. The number of rotatable bonds is 23. The van der Waals surface area contributed by atoms with Crippen LogP contribution in [0.25, 0.3) is 0 Å². The zero-order valence-corrected chi connectivity index (χ0v) is 41.2. The SMILES string of the molecule is CC/C=C\CC(=O)OCC(COC(=O)C/C=C\CC)OC(=O)CC(C)CCC(=O)Oc1c(OC)cc(COC(=O)O[C@@H]2CC[C@@]3(C)[C@@H](CC[C@@H]4[C@@H]3CC[C@]3(C)[C@@H](C(C)=O)CC[C@@H]43)C2)cc1OC. The highest BCUT2D eigenvalue weighted by Gasteiger charge is 2.61. The Morgan fingerprint density at radius 3 is 1.94 bits per heavy atom. The van der Waals surface area contributed by atoms with Gasteiger partial charge in [0, 0.05) is 18.8 Å². The molecule has 14 nitrogen and oxygen atoms in total. The minimum atomic E-state index is -1.01. The van der Waals surface area contributed by atoms with Crippen LogP contribution in [0.1, 0.15) is 150 Å². The van der Waals surface area contributed by atoms with Crippen molar-refractivity contribution in [2.75, 3.05) is 27.4 Å². The first-order chi connectivity index (χ1) is 32.0. The molecule has 4 aliphatic rings. The van der Waals surface area contributed by atoms with Crippen molar-refractivity contribution in [3.63, 3.8) is 0 Å². The van der Waals surface area contributed by atoms with Crippen molar-refractivity contribution in [2.45, 2.75) is 163 Å². The Kier molecular flexibility index (Phi) is 19.8. The van der Waals surface area contributed by atoms with E-state index in [1.807, 2.05) is 26.0 Å². The van der Waals surface area contributed by atoms with E-state index in [-0.39, 0.29) is 97.9 Å². The Hall–Kier alpha value is -4.88. The van der Waals surface area contributed by atoms with E-state index in [0.29, 0.717) is 35.0 Å². The van der Waals surface area contributed by atoms with Crippen molar-refractivity contribution in [3.05, 3.63) is 42.0 Å². The quantitative estimate of drug-likeness (QED) is 0.0438. The van der Waals surface area contributed by atoms with Gasteiger partial charge in [-0.2, -0.15) is 0 Å². The summed E-state index contributed by atoms with van der Waals surface area (Å²) in [6.45, 7) is 11.6. The Bertz CT molecular complexity index is 1880. The van der Waals surface area contributed by atoms with Gasteiger partial charge in [0.25, 0.3) is 0 Å². The highest BCUT2D eigenvalue weighted by Crippen LogP contribution is 2.67. The van der Waals surface area contributed by atoms with Gasteiger partial charge >= 0.3 is 30.0 Å². The van der Waals surface area contributed by atoms with Crippen molar-refractivity contribution in [1.82, 2.24) is 0 Å². The maximum absolute atomic E-state index is 13.1. The lowest BCUT2D eigenvalue weighted by Gasteiger charge is -2.61. The van der Waals surface area contributed by atoms with E-state index < -0.39 is 36.1 Å². The van der Waals surface area contributed by atoms with Gasteiger partial charge in [0.05, 0.1) is 27.1 Å². The number of benzene rings is 1. The van der Waals surface area contributed by atoms with Crippen molar-refractivity contribution < 1.29 is 66.7 Å². The Labute approximate surface area is 397 Å². The van der Waals surface area contributed by atoms with Crippen LogP contribution in [0.2, 0.25) is 0 Å². The molecule has 0 aromatic heterocycles. The minimum absolute atomic E-state index is 0.0451. The van der Waals surface area contributed by atoms with Gasteiger partial charge in [-0.15, -0.1) is 0 Å². The molecule has 1 aromatic rings. The highest BCUT2D eigenvalue weighted by atomic mass is 16.7. The molecule has 0 spiro atoms. The van der Waals surface area contributed by atoms with E-state index in [9.17, 15) is 28.8 Å². The van der Waals surface area contributed by atoms with Gasteiger partial charge in [0.2, 0.25) is 5.75 Å². The number of Topliss-reactive ketones (excluding diaryl/α,β-unsaturated/α-hetero) is 1. The fraction of sp³-hybridized carbons (Fsp3) is 0.698. The summed E-state index contributed by atoms with van der Waals surface area (Å²) in [7, 11) is 2.85. The topological polar surface area (TPSA) is 176 Å². The smallest absolute Gasteiger partial charge is 0.493 e. The van der Waals surface area contributed by atoms with Crippen LogP contribution < -0.4 is 14.2 Å². The number of allylic oxidation sites excluding steroid dienone is 2. The first kappa shape index (κ1) is 53.1. The molecule has 4 fully saturated rings. The molecular weight excluding hydrogens is 861 g/mol. The summed E-state index contributed by atoms with van der Waals surface area (Å²) in [6.07, 6.45) is 16.3. The van der Waals surface area contributed by atoms with Gasteiger partial charge in [-0.05, 0) is 142 Å². The number of hydrogen-bond acceptors (Lipinski definition) is 14. The molecule has 0 N–H and O–H groups in total. The Morgan fingerprint density at radius 2 is 1.34 bits per heavy atom. The van der Waals surface area contributed by atoms with E-state index in [1.54, 1.807) is 38.1 Å². The summed E-state index contributed by atoms with van der Waals surface area (Å²) in [6, 6.07) is 3.21. The lowest BCUT2D eigenvalue weighted by atomic mass is 9.44. The maximum atomic E-state index is 13.1. The Balaban J connectivity index is 1.07. The molecule has 0 saturated heterocycles. The van der Waals surface area contributed by atoms with Crippen LogP contribution in [0.4, 0.5) is 4.79 Å². The van der Waals surface area contributed by atoms with E-state index >= 15 is 0 Å². The molecule has 9 atom stereocenters. The lowest BCUT2D eigenvalue weighted by Crippen LogP contribution is -2.54. The van der Waals surface area contributed by atoms with Gasteiger partial charge in [0.15, 0.2) is 17.6 Å². The molecule has 0 aliphatic heterocycles. The van der Waals surface area contributed by atoms with Crippen molar-refractivity contribution in [2.24, 2.45) is 46.3 Å². The molecule has 0 bridgehead atoms. The number of methoxy groups -OCH3 is 2. The molecule has 14 heteroatoms. The molecule has 5 rings (SSSR count). The average molecular weight is 937 g/mol. The van der Waals surface area contributed by atoms with Crippen LogP contribution >= 0.6 is 0 Å². The summed E-state index contributed by atoms with van der Waals surface area (Å²) in [5.41, 5.74) is 0.876. The second-order valence-corrected chi connectivity index (χ2v) is 19.8. The number of ketones is 1. The molecule has 0 heterocycles. The van der Waals surface area contributed by atoms with Crippen LogP contribution in [0, 0.1) is 46.3 Å². The van der Waals surface area contributed by atoms with Crippen LogP contribution in [0.15, 0.2) is 36.4 Å². The summed E-state index contributed by atoms with van der Waals surface area (Å²) >= 11 is 0. The molecule has 372 valence electrons. The minimum Gasteiger partial charge on any atom is -0.493 e.